The summed E-state index contributed by atoms with van der Waals surface area (Å²) in [5.41, 5.74) is -0.422. The van der Waals surface area contributed by atoms with Crippen molar-refractivity contribution in [2.45, 2.75) is 51.2 Å². The third kappa shape index (κ3) is 3.38. The van der Waals surface area contributed by atoms with Crippen LogP contribution in [0.4, 0.5) is 0 Å². The lowest BCUT2D eigenvalue weighted by atomic mass is 9.80. The van der Waals surface area contributed by atoms with E-state index in [0.29, 0.717) is 6.04 Å². The van der Waals surface area contributed by atoms with Gasteiger partial charge in [0.05, 0.1) is 5.60 Å². The van der Waals surface area contributed by atoms with E-state index in [9.17, 15) is 5.11 Å². The lowest BCUT2D eigenvalue weighted by Crippen LogP contribution is -2.46. The highest BCUT2D eigenvalue weighted by molar-refractivity contribution is 7.99. The molecule has 1 saturated carbocycles. The van der Waals surface area contributed by atoms with E-state index in [1.807, 2.05) is 11.8 Å². The average Bonchev–Trinajstić information content (AvgIpc) is 2.62. The molecular weight excluding hydrogens is 218 g/mol. The molecule has 0 aromatic heterocycles. The minimum absolute atomic E-state index is 0.422. The van der Waals surface area contributed by atoms with Gasteiger partial charge in [0.15, 0.2) is 0 Å². The molecule has 1 heterocycles. The van der Waals surface area contributed by atoms with Gasteiger partial charge >= 0.3 is 0 Å². The van der Waals surface area contributed by atoms with Gasteiger partial charge in [-0.05, 0) is 43.3 Å². The van der Waals surface area contributed by atoms with Crippen LogP contribution in [0.2, 0.25) is 0 Å². The van der Waals surface area contributed by atoms with Gasteiger partial charge in [0.2, 0.25) is 0 Å². The van der Waals surface area contributed by atoms with Gasteiger partial charge in [0.1, 0.15) is 0 Å². The number of rotatable bonds is 3. The maximum atomic E-state index is 10.3. The summed E-state index contributed by atoms with van der Waals surface area (Å²) in [7, 11) is 0. The molecule has 0 aromatic rings. The molecule has 2 fully saturated rings. The van der Waals surface area contributed by atoms with Crippen molar-refractivity contribution in [1.29, 1.82) is 0 Å². The Hall–Kier alpha value is 0.270. The van der Waals surface area contributed by atoms with Gasteiger partial charge in [-0.15, -0.1) is 0 Å². The number of hydrogen-bond donors (Lipinski definition) is 2. The predicted molar refractivity (Wildman–Crippen MR) is 70.9 cm³/mol. The minimum Gasteiger partial charge on any atom is -0.388 e. The number of nitrogens with one attached hydrogen (secondary N) is 1. The Morgan fingerprint density at radius 3 is 2.50 bits per heavy atom. The molecule has 2 aliphatic rings. The smallest absolute Gasteiger partial charge is 0.0869 e. The predicted octanol–water partition coefficient (Wildman–Crippen LogP) is 2.27. The van der Waals surface area contributed by atoms with Crippen LogP contribution in [-0.4, -0.2) is 34.8 Å². The Kier molecular flexibility index (Phi) is 4.20. The van der Waals surface area contributed by atoms with Crippen LogP contribution in [0.1, 0.15) is 39.5 Å². The lowest BCUT2D eigenvalue weighted by molar-refractivity contribution is 0.0601. The fraction of sp³-hybridized carbons (Fsp3) is 1.00. The molecule has 0 spiro atoms. The second-order valence-corrected chi connectivity index (χ2v) is 7.13. The average molecular weight is 243 g/mol. The number of hydrogen-bond acceptors (Lipinski definition) is 3. The van der Waals surface area contributed by atoms with Gasteiger partial charge < -0.3 is 10.4 Å². The van der Waals surface area contributed by atoms with E-state index in [1.165, 1.54) is 19.3 Å². The Balaban J connectivity index is 1.76. The van der Waals surface area contributed by atoms with Gasteiger partial charge in [-0.2, -0.15) is 11.8 Å². The van der Waals surface area contributed by atoms with E-state index in [1.54, 1.807) is 0 Å². The summed E-state index contributed by atoms with van der Waals surface area (Å²) in [6.45, 7) is 5.50. The second kappa shape index (κ2) is 5.28. The quantitative estimate of drug-likeness (QED) is 0.797. The molecule has 3 heteroatoms. The molecule has 94 valence electrons. The van der Waals surface area contributed by atoms with E-state index in [0.717, 1.165) is 36.3 Å². The zero-order chi connectivity index (χ0) is 11.6. The SMILES string of the molecule is CC1CC(C)CC(NCC2(O)CCSC2)C1. The highest BCUT2D eigenvalue weighted by Crippen LogP contribution is 2.30. The van der Waals surface area contributed by atoms with Crippen LogP contribution in [0.3, 0.4) is 0 Å². The van der Waals surface area contributed by atoms with Crippen molar-refractivity contribution < 1.29 is 5.11 Å². The summed E-state index contributed by atoms with van der Waals surface area (Å²) in [6.07, 6.45) is 4.90. The monoisotopic (exact) mass is 243 g/mol. The van der Waals surface area contributed by atoms with Gasteiger partial charge in [-0.3, -0.25) is 0 Å². The van der Waals surface area contributed by atoms with Gasteiger partial charge in [-0.25, -0.2) is 0 Å². The van der Waals surface area contributed by atoms with Gasteiger partial charge in [0.25, 0.3) is 0 Å². The highest BCUT2D eigenvalue weighted by Gasteiger charge is 2.33. The molecule has 3 unspecified atom stereocenters. The van der Waals surface area contributed by atoms with Crippen molar-refractivity contribution in [2.24, 2.45) is 11.8 Å². The molecule has 16 heavy (non-hydrogen) atoms. The molecule has 2 N–H and O–H groups in total. The largest absolute Gasteiger partial charge is 0.388 e. The van der Waals surface area contributed by atoms with Crippen molar-refractivity contribution in [1.82, 2.24) is 5.32 Å². The molecule has 0 aromatic carbocycles. The van der Waals surface area contributed by atoms with Crippen molar-refractivity contribution >= 4 is 11.8 Å². The molecule has 0 bridgehead atoms. The molecule has 2 nitrogen and oxygen atoms in total. The van der Waals surface area contributed by atoms with Crippen LogP contribution < -0.4 is 5.32 Å². The summed E-state index contributed by atoms with van der Waals surface area (Å²) in [5.74, 6) is 3.72. The topological polar surface area (TPSA) is 32.3 Å². The lowest BCUT2D eigenvalue weighted by Gasteiger charge is -2.34. The first-order valence-corrected chi connectivity index (χ1v) is 7.76. The standard InChI is InChI=1S/C13H25NOS/c1-10-5-11(2)7-12(6-10)14-8-13(15)3-4-16-9-13/h10-12,14-15H,3-9H2,1-2H3. The van der Waals surface area contributed by atoms with Crippen LogP contribution >= 0.6 is 11.8 Å². The summed E-state index contributed by atoms with van der Waals surface area (Å²) in [6, 6.07) is 0.633. The summed E-state index contributed by atoms with van der Waals surface area (Å²) in [4.78, 5) is 0. The molecule has 1 aliphatic heterocycles. The zero-order valence-corrected chi connectivity index (χ0v) is 11.4. The van der Waals surface area contributed by atoms with E-state index in [-0.39, 0.29) is 0 Å². The van der Waals surface area contributed by atoms with E-state index in [4.69, 9.17) is 0 Å². The first-order chi connectivity index (χ1) is 7.57. The maximum absolute atomic E-state index is 10.3. The third-order valence-corrected chi connectivity index (χ3v) is 5.22. The Morgan fingerprint density at radius 2 is 1.94 bits per heavy atom. The van der Waals surface area contributed by atoms with Crippen LogP contribution in [0.5, 0.6) is 0 Å². The fourth-order valence-electron chi connectivity index (χ4n) is 3.18. The molecule has 1 aliphatic carbocycles. The van der Waals surface area contributed by atoms with Crippen LogP contribution in [0, 0.1) is 11.8 Å². The van der Waals surface area contributed by atoms with Crippen molar-refractivity contribution in [3.8, 4) is 0 Å². The van der Waals surface area contributed by atoms with Crippen molar-refractivity contribution in [3.05, 3.63) is 0 Å². The van der Waals surface area contributed by atoms with E-state index >= 15 is 0 Å². The first-order valence-electron chi connectivity index (χ1n) is 6.61. The summed E-state index contributed by atoms with van der Waals surface area (Å²) < 4.78 is 0. The first kappa shape index (κ1) is 12.7. The fourth-order valence-corrected chi connectivity index (χ4v) is 4.48. The van der Waals surface area contributed by atoms with Gasteiger partial charge in [-0.1, -0.05) is 13.8 Å². The summed E-state index contributed by atoms with van der Waals surface area (Å²) in [5, 5.41) is 13.9. The Labute approximate surface area is 104 Å². The van der Waals surface area contributed by atoms with Crippen molar-refractivity contribution in [3.63, 3.8) is 0 Å². The second-order valence-electron chi connectivity index (χ2n) is 6.02. The number of aliphatic hydroxyl groups is 1. The molecule has 1 saturated heterocycles. The zero-order valence-electron chi connectivity index (χ0n) is 10.5. The Morgan fingerprint density at radius 1 is 1.25 bits per heavy atom. The maximum Gasteiger partial charge on any atom is 0.0869 e. The number of thioether (sulfide) groups is 1. The molecule has 0 amide bonds. The molecule has 0 radical (unpaired) electrons. The minimum atomic E-state index is -0.422. The van der Waals surface area contributed by atoms with Crippen LogP contribution in [0.25, 0.3) is 0 Å². The van der Waals surface area contributed by atoms with Gasteiger partial charge in [0, 0.05) is 18.3 Å². The normalized spacial score (nSPS) is 44.8. The summed E-state index contributed by atoms with van der Waals surface area (Å²) >= 11 is 1.88. The van der Waals surface area contributed by atoms with E-state index in [2.05, 4.69) is 19.2 Å². The molecule has 2 rings (SSSR count). The van der Waals surface area contributed by atoms with E-state index < -0.39 is 5.60 Å². The Bertz CT molecular complexity index is 218. The third-order valence-electron chi connectivity index (χ3n) is 3.98. The highest BCUT2D eigenvalue weighted by atomic mass is 32.2. The molecule has 3 atom stereocenters. The van der Waals surface area contributed by atoms with Crippen molar-refractivity contribution in [2.75, 3.05) is 18.1 Å². The molecular formula is C13H25NOS. The van der Waals surface area contributed by atoms with Crippen LogP contribution in [0.15, 0.2) is 0 Å². The van der Waals surface area contributed by atoms with Crippen LogP contribution in [-0.2, 0) is 0 Å².